The molecule has 0 radical (unpaired) electrons. The van der Waals surface area contributed by atoms with E-state index < -0.39 is 5.97 Å². The van der Waals surface area contributed by atoms with Gasteiger partial charge >= 0.3 is 5.97 Å². The lowest BCUT2D eigenvalue weighted by Crippen LogP contribution is -2.12. The summed E-state index contributed by atoms with van der Waals surface area (Å²) in [5, 5.41) is 8.94. The van der Waals surface area contributed by atoms with Gasteiger partial charge in [0.15, 0.2) is 0 Å². The topological polar surface area (TPSA) is 55.8 Å². The predicted octanol–water partition coefficient (Wildman–Crippen LogP) is 2.94. The normalized spacial score (nSPS) is 16.3. The highest BCUT2D eigenvalue weighted by Gasteiger charge is 2.24. The second kappa shape index (κ2) is 5.25. The number of para-hydroxylation sites is 1. The molecule has 0 saturated heterocycles. The van der Waals surface area contributed by atoms with Gasteiger partial charge in [0.25, 0.3) is 0 Å². The molecule has 2 aromatic carbocycles. The van der Waals surface area contributed by atoms with Gasteiger partial charge in [-0.25, -0.2) is 4.79 Å². The molecule has 4 heteroatoms. The smallest absolute Gasteiger partial charge is 0.335 e. The van der Waals surface area contributed by atoms with Crippen LogP contribution in [0.15, 0.2) is 48.5 Å². The standard InChI is InChI=1S/C16H14O4/c17-16(18)11-4-3-5-13(8-11)19-9-12-10-20-15-7-2-1-6-14(12)15/h1-8,12H,9-10H2,(H,17,18). The van der Waals surface area contributed by atoms with Crippen LogP contribution in [-0.4, -0.2) is 24.3 Å². The Hall–Kier alpha value is -2.49. The maximum atomic E-state index is 10.9. The van der Waals surface area contributed by atoms with Crippen molar-refractivity contribution in [3.05, 3.63) is 59.7 Å². The van der Waals surface area contributed by atoms with Gasteiger partial charge in [-0.2, -0.15) is 0 Å². The Bertz CT molecular complexity index is 636. The van der Waals surface area contributed by atoms with E-state index in [2.05, 4.69) is 0 Å². The van der Waals surface area contributed by atoms with Crippen LogP contribution < -0.4 is 9.47 Å². The summed E-state index contributed by atoms with van der Waals surface area (Å²) in [5.41, 5.74) is 1.37. The van der Waals surface area contributed by atoms with Crippen molar-refractivity contribution < 1.29 is 19.4 Å². The first-order chi connectivity index (χ1) is 9.74. The largest absolute Gasteiger partial charge is 0.493 e. The number of benzene rings is 2. The van der Waals surface area contributed by atoms with Gasteiger partial charge in [-0.05, 0) is 24.3 Å². The van der Waals surface area contributed by atoms with Gasteiger partial charge in [-0.1, -0.05) is 24.3 Å². The van der Waals surface area contributed by atoms with E-state index in [1.807, 2.05) is 24.3 Å². The van der Waals surface area contributed by atoms with Crippen molar-refractivity contribution >= 4 is 5.97 Å². The van der Waals surface area contributed by atoms with Gasteiger partial charge < -0.3 is 14.6 Å². The molecule has 0 bridgehead atoms. The van der Waals surface area contributed by atoms with Crippen molar-refractivity contribution in [1.29, 1.82) is 0 Å². The lowest BCUT2D eigenvalue weighted by Gasteiger charge is -2.11. The molecule has 3 rings (SSSR count). The van der Waals surface area contributed by atoms with E-state index in [0.29, 0.717) is 19.0 Å². The quantitative estimate of drug-likeness (QED) is 0.928. The molecule has 102 valence electrons. The fourth-order valence-corrected chi connectivity index (χ4v) is 2.28. The minimum atomic E-state index is -0.954. The highest BCUT2D eigenvalue weighted by molar-refractivity contribution is 5.87. The lowest BCUT2D eigenvalue weighted by atomic mass is 10.0. The molecule has 0 aromatic heterocycles. The molecule has 0 aliphatic carbocycles. The lowest BCUT2D eigenvalue weighted by molar-refractivity contribution is 0.0696. The first kappa shape index (κ1) is 12.5. The van der Waals surface area contributed by atoms with Crippen LogP contribution in [-0.2, 0) is 0 Å². The summed E-state index contributed by atoms with van der Waals surface area (Å²) in [6.45, 7) is 1.07. The summed E-state index contributed by atoms with van der Waals surface area (Å²) in [6, 6.07) is 14.4. The van der Waals surface area contributed by atoms with Gasteiger partial charge in [-0.3, -0.25) is 0 Å². The van der Waals surface area contributed by atoms with Crippen molar-refractivity contribution in [2.75, 3.05) is 13.2 Å². The number of carboxylic acid groups (broad SMARTS) is 1. The minimum Gasteiger partial charge on any atom is -0.493 e. The Morgan fingerprint density at radius 3 is 2.95 bits per heavy atom. The number of hydrogen-bond acceptors (Lipinski definition) is 3. The van der Waals surface area contributed by atoms with Crippen LogP contribution >= 0.6 is 0 Å². The molecule has 0 spiro atoms. The highest BCUT2D eigenvalue weighted by Crippen LogP contribution is 2.33. The Morgan fingerprint density at radius 1 is 1.25 bits per heavy atom. The summed E-state index contributed by atoms with van der Waals surface area (Å²) < 4.78 is 11.3. The maximum Gasteiger partial charge on any atom is 0.335 e. The zero-order chi connectivity index (χ0) is 13.9. The Kier molecular flexibility index (Phi) is 3.29. The fourth-order valence-electron chi connectivity index (χ4n) is 2.28. The number of carboxylic acids is 1. The van der Waals surface area contributed by atoms with E-state index >= 15 is 0 Å². The molecule has 1 N–H and O–H groups in total. The van der Waals surface area contributed by atoms with Crippen LogP contribution in [0.2, 0.25) is 0 Å². The summed E-state index contributed by atoms with van der Waals surface area (Å²) in [6.07, 6.45) is 0. The Balaban J connectivity index is 1.69. The van der Waals surface area contributed by atoms with Crippen LogP contribution in [0.3, 0.4) is 0 Å². The number of fused-ring (bicyclic) bond motifs is 1. The number of rotatable bonds is 4. The zero-order valence-electron chi connectivity index (χ0n) is 10.8. The van der Waals surface area contributed by atoms with Crippen LogP contribution in [0.4, 0.5) is 0 Å². The highest BCUT2D eigenvalue weighted by atomic mass is 16.5. The van der Waals surface area contributed by atoms with Crippen LogP contribution in [0.25, 0.3) is 0 Å². The molecule has 1 aliphatic heterocycles. The van der Waals surface area contributed by atoms with Gasteiger partial charge in [0, 0.05) is 5.56 Å². The summed E-state index contributed by atoms with van der Waals surface area (Å²) in [4.78, 5) is 10.9. The number of ether oxygens (including phenoxy) is 2. The Labute approximate surface area is 116 Å². The Morgan fingerprint density at radius 2 is 2.10 bits per heavy atom. The molecule has 1 aliphatic rings. The second-order valence-electron chi connectivity index (χ2n) is 4.69. The maximum absolute atomic E-state index is 10.9. The minimum absolute atomic E-state index is 0.180. The van der Waals surface area contributed by atoms with Crippen LogP contribution in [0, 0.1) is 0 Å². The van der Waals surface area contributed by atoms with Crippen molar-refractivity contribution in [3.8, 4) is 11.5 Å². The van der Waals surface area contributed by atoms with Gasteiger partial charge in [-0.15, -0.1) is 0 Å². The zero-order valence-corrected chi connectivity index (χ0v) is 10.8. The van der Waals surface area contributed by atoms with E-state index in [9.17, 15) is 4.79 Å². The molecule has 1 unspecified atom stereocenters. The van der Waals surface area contributed by atoms with Crippen LogP contribution in [0.1, 0.15) is 21.8 Å². The third kappa shape index (κ3) is 2.45. The van der Waals surface area contributed by atoms with E-state index in [1.54, 1.807) is 18.2 Å². The van der Waals surface area contributed by atoms with Gasteiger partial charge in [0.2, 0.25) is 0 Å². The van der Waals surface area contributed by atoms with Gasteiger partial charge in [0.1, 0.15) is 11.5 Å². The summed E-state index contributed by atoms with van der Waals surface area (Å²) >= 11 is 0. The number of aromatic carboxylic acids is 1. The summed E-state index contributed by atoms with van der Waals surface area (Å²) in [7, 11) is 0. The molecular formula is C16H14O4. The first-order valence-electron chi connectivity index (χ1n) is 6.42. The summed E-state index contributed by atoms with van der Waals surface area (Å²) in [5.74, 6) is 0.694. The van der Waals surface area contributed by atoms with Gasteiger partial charge in [0.05, 0.1) is 24.7 Å². The predicted molar refractivity (Wildman–Crippen MR) is 73.6 cm³/mol. The molecule has 4 nitrogen and oxygen atoms in total. The van der Waals surface area contributed by atoms with E-state index in [0.717, 1.165) is 11.3 Å². The average Bonchev–Trinajstić information content (AvgIpc) is 2.89. The van der Waals surface area contributed by atoms with Crippen LogP contribution in [0.5, 0.6) is 11.5 Å². The van der Waals surface area contributed by atoms with Crippen molar-refractivity contribution in [3.63, 3.8) is 0 Å². The molecule has 0 amide bonds. The molecule has 0 saturated carbocycles. The molecule has 0 fully saturated rings. The van der Waals surface area contributed by atoms with Crippen molar-refractivity contribution in [2.24, 2.45) is 0 Å². The second-order valence-corrected chi connectivity index (χ2v) is 4.69. The molecule has 1 atom stereocenters. The number of hydrogen-bond donors (Lipinski definition) is 1. The third-order valence-corrected chi connectivity index (χ3v) is 3.33. The molecular weight excluding hydrogens is 256 g/mol. The fraction of sp³-hybridized carbons (Fsp3) is 0.188. The van der Waals surface area contributed by atoms with E-state index in [1.165, 1.54) is 6.07 Å². The average molecular weight is 270 g/mol. The monoisotopic (exact) mass is 270 g/mol. The third-order valence-electron chi connectivity index (χ3n) is 3.33. The SMILES string of the molecule is O=C(O)c1cccc(OCC2COc3ccccc32)c1. The van der Waals surface area contributed by atoms with Crippen molar-refractivity contribution in [1.82, 2.24) is 0 Å². The number of carbonyl (C=O) groups is 1. The van der Waals surface area contributed by atoms with Crippen molar-refractivity contribution in [2.45, 2.75) is 5.92 Å². The first-order valence-corrected chi connectivity index (χ1v) is 6.42. The van der Waals surface area contributed by atoms with E-state index in [4.69, 9.17) is 14.6 Å². The molecule has 20 heavy (non-hydrogen) atoms. The molecule has 2 aromatic rings. The molecule has 1 heterocycles. The van der Waals surface area contributed by atoms with E-state index in [-0.39, 0.29) is 11.5 Å².